The summed E-state index contributed by atoms with van der Waals surface area (Å²) < 4.78 is 61.1. The van der Waals surface area contributed by atoms with Gasteiger partial charge in [0.2, 0.25) is 6.29 Å². The molecule has 0 radical (unpaired) electrons. The highest BCUT2D eigenvalue weighted by atomic mass is 16.7. The number of esters is 2. The second kappa shape index (κ2) is 27.6. The molecule has 31 nitrogen and oxygen atoms in total. The highest BCUT2D eigenvalue weighted by Crippen LogP contribution is 2.33. The van der Waals surface area contributed by atoms with E-state index in [2.05, 4.69) is 0 Å². The minimum atomic E-state index is -2.02. The third-order valence-corrected chi connectivity index (χ3v) is 13.7. The fraction of sp³-hybridized carbons (Fsp3) is 0.652. The molecule has 4 fully saturated rings. The van der Waals surface area contributed by atoms with E-state index in [0.717, 1.165) is 0 Å². The van der Waals surface area contributed by atoms with Crippen molar-refractivity contribution < 1.29 is 143 Å². The molecule has 2 aromatic carbocycles. The molecule has 0 aromatic heterocycles. The summed E-state index contributed by atoms with van der Waals surface area (Å²) in [6, 6.07) is 5.72. The summed E-state index contributed by atoms with van der Waals surface area (Å²) in [5.74, 6) is -9.60. The number of aliphatic hydroxyl groups excluding tert-OH is 8. The number of aliphatic carboxylic acids is 2. The molecule has 0 aliphatic carbocycles. The Morgan fingerprint density at radius 1 is 0.506 bits per heavy atom. The van der Waals surface area contributed by atoms with Crippen molar-refractivity contribution in [3.8, 4) is 11.5 Å². The first kappa shape index (κ1) is 61.0. The van der Waals surface area contributed by atoms with Crippen molar-refractivity contribution in [3.63, 3.8) is 0 Å². The maximum Gasteiger partial charge on any atom is 0.344 e. The van der Waals surface area contributed by atoms with Gasteiger partial charge in [0.1, 0.15) is 77.4 Å². The Morgan fingerprint density at radius 2 is 0.961 bits per heavy atom. The number of rotatable bonds is 24. The van der Waals surface area contributed by atoms with E-state index in [1.54, 1.807) is 19.4 Å². The predicted molar refractivity (Wildman–Crippen MR) is 248 cm³/mol. The number of aromatic hydroxyl groups is 2. The van der Waals surface area contributed by atoms with Crippen LogP contribution in [0.15, 0.2) is 36.4 Å². The number of phenols is 2. The number of aliphatic hydroxyl groups is 8. The van der Waals surface area contributed by atoms with Gasteiger partial charge in [-0.15, -0.1) is 0 Å². The van der Waals surface area contributed by atoms with Crippen LogP contribution in [0.2, 0.25) is 0 Å². The summed E-state index contributed by atoms with van der Waals surface area (Å²) in [6.07, 6.45) is -25.4. The lowest BCUT2D eigenvalue weighted by molar-refractivity contribution is -0.694. The Bertz CT molecular complexity index is 2290. The number of carbonyl (C=O) groups is 4. The van der Waals surface area contributed by atoms with E-state index in [1.807, 2.05) is 0 Å². The van der Waals surface area contributed by atoms with Gasteiger partial charge in [0, 0.05) is 17.3 Å². The van der Waals surface area contributed by atoms with Gasteiger partial charge in [0.15, 0.2) is 38.4 Å². The van der Waals surface area contributed by atoms with Crippen LogP contribution in [-0.4, -0.2) is 257 Å². The average Bonchev–Trinajstić information content (AvgIpc) is 3.40. The highest BCUT2D eigenvalue weighted by Gasteiger charge is 2.53. The fourth-order valence-electron chi connectivity index (χ4n) is 9.47. The van der Waals surface area contributed by atoms with Crippen LogP contribution in [0, 0.1) is 17.8 Å². The Balaban J connectivity index is 1.08. The van der Waals surface area contributed by atoms with Gasteiger partial charge in [-0.1, -0.05) is 0 Å². The van der Waals surface area contributed by atoms with Gasteiger partial charge in [0.25, 0.3) is 0 Å². The number of nitrogen functional groups attached to an aromatic ring is 2. The summed E-state index contributed by atoms with van der Waals surface area (Å²) in [5, 5.41) is 131. The molecule has 31 heteroatoms. The van der Waals surface area contributed by atoms with Gasteiger partial charge in [-0.2, -0.15) is 0 Å². The van der Waals surface area contributed by atoms with Gasteiger partial charge in [-0.25, -0.2) is 19.2 Å². The van der Waals surface area contributed by atoms with E-state index in [4.69, 9.17) is 63.6 Å². The molecule has 0 saturated carbocycles. The summed E-state index contributed by atoms with van der Waals surface area (Å²) in [5.41, 5.74) is 11.2. The highest BCUT2D eigenvalue weighted by molar-refractivity contribution is 5.94. The number of phenolic OH excluding ortho intramolecular Hbond substituents is 2. The van der Waals surface area contributed by atoms with E-state index in [9.17, 15) is 80.5 Å². The van der Waals surface area contributed by atoms with Crippen LogP contribution in [-0.2, 0) is 61.7 Å². The average molecular weight is 1110 g/mol. The zero-order valence-electron chi connectivity index (χ0n) is 41.5. The first-order chi connectivity index (χ1) is 36.6. The van der Waals surface area contributed by atoms with E-state index >= 15 is 0 Å². The topological polar surface area (TPSA) is 498 Å². The molecule has 0 spiro atoms. The molecule has 20 N–H and O–H groups in total. The van der Waals surface area contributed by atoms with Crippen molar-refractivity contribution in [3.05, 3.63) is 47.5 Å². The smallest absolute Gasteiger partial charge is 0.344 e. The Kier molecular flexibility index (Phi) is 21.8. The maximum absolute atomic E-state index is 12.7. The standard InChI is InChI=1S/C46H66N4O27/c1-49-29-21(10-70-46-37(59)34(56)35(57)39(77-46)41(62)63)31(53)27(13-68-15-72-42(64)19-7-17(47)3-5-24(19)51)74-26(29)12-67-9-23-33(55)36(58)45(76-38(23)40(60)61)71-11-22-30(50-2)44(66)75-28(32(22)54)14-69-16-73-43(65)20-8-18(48)4-6-25(20)52/h3-8,21-23,26-39,44-46,49-59,66H,9-16,47-48H2,1-2H3,(H,60,61)(H,62,63)/p+2/t21-,22-,23-,26+,27?,28?,29?,30?,31-,32-,33+,34+,35-,36?,37?,38?,39?,44-,45-,46-/m1/s1. The number of ether oxygens (including phenoxy) is 11. The summed E-state index contributed by atoms with van der Waals surface area (Å²) in [7, 11) is 3.14. The second-order valence-corrected chi connectivity index (χ2v) is 18.6. The Hall–Kier alpha value is -5.24. The van der Waals surface area contributed by atoms with Crippen molar-refractivity contribution in [2.24, 2.45) is 17.8 Å². The zero-order valence-corrected chi connectivity index (χ0v) is 41.5. The number of benzene rings is 2. The molecule has 20 atom stereocenters. The largest absolute Gasteiger partial charge is 0.507 e. The number of hydrogen-bond donors (Lipinski definition) is 16. The van der Waals surface area contributed by atoms with Crippen LogP contribution in [0.5, 0.6) is 11.5 Å². The van der Waals surface area contributed by atoms with Crippen molar-refractivity contribution in [1.82, 2.24) is 0 Å². The van der Waals surface area contributed by atoms with Gasteiger partial charge in [0.05, 0.1) is 83.9 Å². The van der Waals surface area contributed by atoms with Crippen LogP contribution in [0.25, 0.3) is 0 Å². The van der Waals surface area contributed by atoms with Crippen LogP contribution in [0.4, 0.5) is 11.4 Å². The van der Waals surface area contributed by atoms with Crippen molar-refractivity contribution in [1.29, 1.82) is 0 Å². The fourth-order valence-corrected chi connectivity index (χ4v) is 9.47. The van der Waals surface area contributed by atoms with Gasteiger partial charge in [-0.05, 0) is 36.4 Å². The minimum Gasteiger partial charge on any atom is -0.507 e. The Morgan fingerprint density at radius 3 is 1.45 bits per heavy atom. The van der Waals surface area contributed by atoms with E-state index in [-0.39, 0.29) is 22.5 Å². The number of carboxylic acids is 2. The number of anilines is 2. The lowest BCUT2D eigenvalue weighted by atomic mass is 9.84. The molecule has 4 saturated heterocycles. The molecular formula is C46H68N4O27+2. The maximum atomic E-state index is 12.7. The summed E-state index contributed by atoms with van der Waals surface area (Å²) in [4.78, 5) is 49.5. The van der Waals surface area contributed by atoms with E-state index in [0.29, 0.717) is 0 Å². The number of nitrogens with two attached hydrogens (primary N) is 4. The number of carbonyl (C=O) groups excluding carboxylic acids is 2. The number of carboxylic acid groups (broad SMARTS) is 2. The second-order valence-electron chi connectivity index (χ2n) is 18.6. The number of hydrogen-bond acceptors (Lipinski definition) is 27. The molecule has 4 aliphatic heterocycles. The zero-order chi connectivity index (χ0) is 56.4. The van der Waals surface area contributed by atoms with E-state index in [1.165, 1.54) is 41.7 Å². The Labute approximate surface area is 437 Å². The van der Waals surface area contributed by atoms with Gasteiger partial charge < -0.3 is 135 Å². The van der Waals surface area contributed by atoms with Crippen LogP contribution < -0.4 is 22.1 Å². The van der Waals surface area contributed by atoms with Crippen molar-refractivity contribution in [2.45, 2.75) is 104 Å². The lowest BCUT2D eigenvalue weighted by Gasteiger charge is -2.45. The molecule has 432 valence electrons. The molecule has 6 rings (SSSR count). The van der Waals surface area contributed by atoms with E-state index < -0.39 is 211 Å². The van der Waals surface area contributed by atoms with Crippen molar-refractivity contribution in [2.75, 3.05) is 78.8 Å². The SMILES string of the molecule is C[NH2+]C1[C@H](O)OC(COCOC(=O)c2cc(N)ccc2O)[C@H](O)[C@@H]1CO[C@@H]1OC(C(=O)O)[C@H](COC[C@@H]2OC(COCOC(=O)c3cc(N)ccc3O)[C@H](O)[C@H](CO[C@@H]3OC(C(=O)O)[C@H](O)[C@H](O)C3O)C2[NH2+]C)[C@H](O)C1O. The molecule has 4 aliphatic rings. The van der Waals surface area contributed by atoms with Gasteiger partial charge in [-0.3, -0.25) is 0 Å². The molecular weight excluding hydrogens is 1040 g/mol. The molecule has 77 heavy (non-hydrogen) atoms. The number of likely N-dealkylation sites (N-methyl/N-ethyl adjacent to an activating group) is 2. The quantitative estimate of drug-likeness (QED) is 0.0153. The van der Waals surface area contributed by atoms with Crippen LogP contribution in [0.1, 0.15) is 20.7 Å². The van der Waals surface area contributed by atoms with Crippen molar-refractivity contribution >= 4 is 35.3 Å². The van der Waals surface area contributed by atoms with Crippen LogP contribution in [0.3, 0.4) is 0 Å². The predicted octanol–water partition coefficient (Wildman–Crippen LogP) is -8.12. The van der Waals surface area contributed by atoms with Gasteiger partial charge >= 0.3 is 23.9 Å². The third kappa shape index (κ3) is 14.7. The first-order valence-corrected chi connectivity index (χ1v) is 24.2. The molecule has 0 amide bonds. The summed E-state index contributed by atoms with van der Waals surface area (Å²) in [6.45, 7) is -4.36. The lowest BCUT2D eigenvalue weighted by Crippen LogP contribution is -2.93. The van der Waals surface area contributed by atoms with Crippen LogP contribution >= 0.6 is 0 Å². The first-order valence-electron chi connectivity index (χ1n) is 24.2. The monoisotopic (exact) mass is 1110 g/mol. The number of quaternary nitrogens is 2. The minimum absolute atomic E-state index is 0.153. The normalized spacial score (nSPS) is 35.5. The molecule has 4 heterocycles. The molecule has 8 unspecified atom stereocenters. The molecule has 0 bridgehead atoms. The molecule has 2 aromatic rings. The third-order valence-electron chi connectivity index (χ3n) is 13.7. The summed E-state index contributed by atoms with van der Waals surface area (Å²) >= 11 is 0.